The van der Waals surface area contributed by atoms with Crippen molar-refractivity contribution in [3.63, 3.8) is 0 Å². The van der Waals surface area contributed by atoms with Crippen LogP contribution in [0.1, 0.15) is 100 Å². The summed E-state index contributed by atoms with van der Waals surface area (Å²) in [6, 6.07) is 23.6. The van der Waals surface area contributed by atoms with Crippen molar-refractivity contribution in [1.29, 1.82) is 0 Å². The lowest BCUT2D eigenvalue weighted by molar-refractivity contribution is -0.253. The number of ether oxygens (including phenoxy) is 3. The van der Waals surface area contributed by atoms with Crippen LogP contribution in [-0.2, 0) is 41.7 Å². The molecule has 274 valence electrons. The van der Waals surface area contributed by atoms with Crippen LogP contribution in [0.4, 0.5) is 0 Å². The molecule has 0 radical (unpaired) electrons. The van der Waals surface area contributed by atoms with Gasteiger partial charge in [0.25, 0.3) is 0 Å². The molecule has 2 aliphatic heterocycles. The van der Waals surface area contributed by atoms with Gasteiger partial charge in [0, 0.05) is 37.9 Å². The van der Waals surface area contributed by atoms with E-state index >= 15 is 0 Å². The van der Waals surface area contributed by atoms with Crippen LogP contribution in [0.25, 0.3) is 11.1 Å². The molecule has 51 heavy (non-hydrogen) atoms. The van der Waals surface area contributed by atoms with Gasteiger partial charge in [0.2, 0.25) is 11.8 Å². The molecule has 0 aromatic heterocycles. The van der Waals surface area contributed by atoms with Crippen LogP contribution in [0.3, 0.4) is 0 Å². The van der Waals surface area contributed by atoms with E-state index in [4.69, 9.17) is 19.4 Å². The number of unbranched alkanes of at least 4 members (excludes halogenated alkanes) is 1. The number of carbonyl (C=O) groups excluding carboxylic acids is 3. The van der Waals surface area contributed by atoms with Crippen molar-refractivity contribution in [3.8, 4) is 11.1 Å². The predicted octanol–water partition coefficient (Wildman–Crippen LogP) is 5.88. The fourth-order valence-electron chi connectivity index (χ4n) is 6.62. The number of hydroxylamine groups is 1. The van der Waals surface area contributed by atoms with Gasteiger partial charge in [0.05, 0.1) is 18.8 Å². The number of aliphatic hydroxyl groups is 1. The van der Waals surface area contributed by atoms with Gasteiger partial charge in [-0.3, -0.25) is 24.5 Å². The number of nitrogens with zero attached hydrogens (tertiary/aromatic N) is 1. The minimum Gasteiger partial charge on any atom is -0.459 e. The second-order valence-corrected chi connectivity index (χ2v) is 14.4. The van der Waals surface area contributed by atoms with Crippen molar-refractivity contribution >= 4 is 17.8 Å². The van der Waals surface area contributed by atoms with Crippen molar-refractivity contribution in [2.24, 2.45) is 0 Å². The van der Waals surface area contributed by atoms with Crippen LogP contribution < -0.4 is 10.8 Å². The van der Waals surface area contributed by atoms with Crippen LogP contribution in [-0.4, -0.2) is 63.8 Å². The van der Waals surface area contributed by atoms with E-state index in [1.807, 2.05) is 87.5 Å². The maximum Gasteiger partial charge on any atom is 0.323 e. The van der Waals surface area contributed by atoms with Gasteiger partial charge in [-0.1, -0.05) is 60.7 Å². The lowest BCUT2D eigenvalue weighted by Crippen LogP contribution is -2.45. The number of aliphatic hydroxyl groups excluding tert-OH is 1. The molecule has 0 bridgehead atoms. The SMILES string of the molecule is CC(C)(C)OC(=O)[C@@H]1CCCN1C[C@@H]1C[C@H](c2ccc(CO)cc2)O[C@H](c2cccc(-c3cccc(CNC(=O)CCCCC(=O)NO)c3)c2)O1. The molecule has 0 aliphatic carbocycles. The Labute approximate surface area is 300 Å². The Kier molecular flexibility index (Phi) is 13.4. The number of carbonyl (C=O) groups is 3. The van der Waals surface area contributed by atoms with Gasteiger partial charge in [-0.05, 0) is 92.9 Å². The Morgan fingerprint density at radius 3 is 2.29 bits per heavy atom. The molecule has 3 aromatic rings. The Morgan fingerprint density at radius 1 is 0.882 bits per heavy atom. The maximum absolute atomic E-state index is 13.1. The summed E-state index contributed by atoms with van der Waals surface area (Å²) in [5.74, 6) is -0.750. The van der Waals surface area contributed by atoms with Gasteiger partial charge in [-0.2, -0.15) is 0 Å². The molecule has 2 fully saturated rings. The van der Waals surface area contributed by atoms with Crippen molar-refractivity contribution in [1.82, 2.24) is 15.7 Å². The van der Waals surface area contributed by atoms with Gasteiger partial charge < -0.3 is 24.6 Å². The highest BCUT2D eigenvalue weighted by molar-refractivity contribution is 5.77. The molecule has 3 aromatic carbocycles. The topological polar surface area (TPSA) is 147 Å². The van der Waals surface area contributed by atoms with Crippen LogP contribution >= 0.6 is 0 Å². The average Bonchev–Trinajstić information content (AvgIpc) is 3.60. The van der Waals surface area contributed by atoms with E-state index in [9.17, 15) is 19.5 Å². The minimum atomic E-state index is -0.653. The summed E-state index contributed by atoms with van der Waals surface area (Å²) in [6.07, 6.45) is 2.70. The van der Waals surface area contributed by atoms with E-state index in [1.165, 1.54) is 0 Å². The van der Waals surface area contributed by atoms with E-state index in [1.54, 1.807) is 5.48 Å². The second-order valence-electron chi connectivity index (χ2n) is 14.4. The lowest BCUT2D eigenvalue weighted by Gasteiger charge is -2.38. The predicted molar refractivity (Wildman–Crippen MR) is 191 cm³/mol. The van der Waals surface area contributed by atoms with Crippen molar-refractivity contribution < 1.29 is 38.9 Å². The maximum atomic E-state index is 13.1. The van der Waals surface area contributed by atoms with Gasteiger partial charge in [-0.25, -0.2) is 5.48 Å². The highest BCUT2D eigenvalue weighted by Gasteiger charge is 2.39. The Hall–Kier alpha value is -4.13. The standard InChI is InChI=1S/C40H51N3O8/c1-40(2,3)51-38(47)34-13-8-20-43(34)25-33-23-35(29-18-16-27(26-44)17-19-29)50-39(49-33)32-12-7-11-31(22-32)30-10-6-9-28(21-30)24-41-36(45)14-4-5-15-37(46)42-48/h6-7,9-12,16-19,21-22,33-35,39,44,48H,4-5,8,13-15,20,23-26H2,1-3H3,(H,41,45)(H,42,46)/t33-,34-,35+,39+/m0/s1. The number of esters is 1. The molecular formula is C40H51N3O8. The third-order valence-corrected chi connectivity index (χ3v) is 9.19. The van der Waals surface area contributed by atoms with E-state index in [0.717, 1.165) is 52.8 Å². The summed E-state index contributed by atoms with van der Waals surface area (Å²) in [5, 5.41) is 21.1. The number of hydrogen-bond acceptors (Lipinski definition) is 9. The zero-order valence-electron chi connectivity index (χ0n) is 29.8. The third-order valence-electron chi connectivity index (χ3n) is 9.19. The van der Waals surface area contributed by atoms with Crippen molar-refractivity contribution in [2.45, 2.75) is 109 Å². The smallest absolute Gasteiger partial charge is 0.323 e. The molecule has 11 heteroatoms. The monoisotopic (exact) mass is 701 g/mol. The number of benzene rings is 3. The third kappa shape index (κ3) is 11.2. The second kappa shape index (κ2) is 17.9. The Bertz CT molecular complexity index is 1620. The van der Waals surface area contributed by atoms with Crippen LogP contribution in [0.2, 0.25) is 0 Å². The van der Waals surface area contributed by atoms with E-state index in [2.05, 4.69) is 16.3 Å². The van der Waals surface area contributed by atoms with Crippen LogP contribution in [0.5, 0.6) is 0 Å². The molecule has 0 unspecified atom stereocenters. The highest BCUT2D eigenvalue weighted by atomic mass is 16.7. The van der Waals surface area contributed by atoms with Gasteiger partial charge in [0.1, 0.15) is 11.6 Å². The fourth-order valence-corrected chi connectivity index (χ4v) is 6.62. The number of hydrogen-bond donors (Lipinski definition) is 4. The van der Waals surface area contributed by atoms with Crippen LogP contribution in [0.15, 0.2) is 72.8 Å². The molecule has 11 nitrogen and oxygen atoms in total. The minimum absolute atomic E-state index is 0.0328. The van der Waals surface area contributed by atoms with Gasteiger partial charge in [0.15, 0.2) is 6.29 Å². The van der Waals surface area contributed by atoms with Crippen molar-refractivity contribution in [2.75, 3.05) is 13.1 Å². The van der Waals surface area contributed by atoms with E-state index < -0.39 is 17.8 Å². The zero-order chi connectivity index (χ0) is 36.4. The largest absolute Gasteiger partial charge is 0.459 e. The quantitative estimate of drug-likeness (QED) is 0.0701. The van der Waals surface area contributed by atoms with Gasteiger partial charge in [-0.15, -0.1) is 0 Å². The fraction of sp³-hybridized carbons (Fsp3) is 0.475. The first kappa shape index (κ1) is 38.1. The summed E-state index contributed by atoms with van der Waals surface area (Å²) < 4.78 is 19.0. The number of nitrogens with one attached hydrogen (secondary N) is 2. The summed E-state index contributed by atoms with van der Waals surface area (Å²) in [6.45, 7) is 7.37. The summed E-state index contributed by atoms with van der Waals surface area (Å²) in [5.41, 5.74) is 6.65. The average molecular weight is 702 g/mol. The first-order chi connectivity index (χ1) is 24.5. The first-order valence-corrected chi connectivity index (χ1v) is 17.9. The summed E-state index contributed by atoms with van der Waals surface area (Å²) in [4.78, 5) is 38.8. The molecule has 4 N–H and O–H groups in total. The first-order valence-electron chi connectivity index (χ1n) is 17.9. The Morgan fingerprint density at radius 2 is 1.59 bits per heavy atom. The number of amides is 2. The normalized spacial score (nSPS) is 20.9. The molecule has 2 heterocycles. The molecule has 0 saturated carbocycles. The van der Waals surface area contributed by atoms with Crippen molar-refractivity contribution in [3.05, 3.63) is 95.1 Å². The summed E-state index contributed by atoms with van der Waals surface area (Å²) in [7, 11) is 0. The summed E-state index contributed by atoms with van der Waals surface area (Å²) >= 11 is 0. The molecular weight excluding hydrogens is 650 g/mol. The van der Waals surface area contributed by atoms with E-state index in [-0.39, 0.29) is 43.2 Å². The van der Waals surface area contributed by atoms with Crippen LogP contribution in [0, 0.1) is 0 Å². The van der Waals surface area contributed by atoms with Gasteiger partial charge >= 0.3 is 5.97 Å². The molecule has 2 saturated heterocycles. The molecule has 5 rings (SSSR count). The molecule has 4 atom stereocenters. The highest BCUT2D eigenvalue weighted by Crippen LogP contribution is 2.39. The molecule has 2 amide bonds. The Balaban J connectivity index is 1.29. The molecule has 2 aliphatic rings. The number of likely N-dealkylation sites (tertiary alicyclic amines) is 1. The molecule has 0 spiro atoms. The zero-order valence-corrected chi connectivity index (χ0v) is 29.8. The number of rotatable bonds is 14. The van der Waals surface area contributed by atoms with E-state index in [0.29, 0.717) is 38.8 Å². The lowest BCUT2D eigenvalue weighted by atomic mass is 9.98.